The molecule has 0 spiro atoms. The van der Waals surface area contributed by atoms with Crippen molar-refractivity contribution in [2.24, 2.45) is 0 Å². The molecule has 1 atom stereocenters. The first-order chi connectivity index (χ1) is 8.28. The van der Waals surface area contributed by atoms with Crippen molar-refractivity contribution >= 4 is 0 Å². The molecular weight excluding hydrogens is 212 g/mol. The van der Waals surface area contributed by atoms with Crippen LogP contribution in [0.1, 0.15) is 24.0 Å². The van der Waals surface area contributed by atoms with Crippen molar-refractivity contribution in [1.29, 1.82) is 0 Å². The van der Waals surface area contributed by atoms with Crippen molar-refractivity contribution in [3.63, 3.8) is 0 Å². The van der Waals surface area contributed by atoms with Crippen LogP contribution < -0.4 is 5.32 Å². The third-order valence-corrected chi connectivity index (χ3v) is 3.35. The maximum atomic E-state index is 8.98. The van der Waals surface area contributed by atoms with Gasteiger partial charge in [-0.3, -0.25) is 0 Å². The standard InChI is InChI=1S/C14H22N2O/c1-16(10-14-3-2-8-15-14)9-12-4-6-13(11-17)7-5-12/h4-7,14-15,17H,2-3,8-11H2,1H3. The van der Waals surface area contributed by atoms with Crippen molar-refractivity contribution in [2.75, 3.05) is 20.1 Å². The summed E-state index contributed by atoms with van der Waals surface area (Å²) >= 11 is 0. The van der Waals surface area contributed by atoms with Crippen LogP contribution >= 0.6 is 0 Å². The summed E-state index contributed by atoms with van der Waals surface area (Å²) in [4.78, 5) is 2.36. The molecule has 1 aromatic rings. The molecule has 0 bridgehead atoms. The predicted octanol–water partition coefficient (Wildman–Crippen LogP) is 1.36. The average molecular weight is 234 g/mol. The van der Waals surface area contributed by atoms with E-state index in [2.05, 4.69) is 29.4 Å². The van der Waals surface area contributed by atoms with Gasteiger partial charge in [0, 0.05) is 19.1 Å². The molecule has 0 radical (unpaired) electrons. The molecule has 2 rings (SSSR count). The van der Waals surface area contributed by atoms with E-state index in [1.807, 2.05) is 12.1 Å². The fraction of sp³-hybridized carbons (Fsp3) is 0.571. The number of aliphatic hydroxyl groups is 1. The van der Waals surface area contributed by atoms with Gasteiger partial charge >= 0.3 is 0 Å². The van der Waals surface area contributed by atoms with Crippen LogP contribution in [-0.4, -0.2) is 36.2 Å². The maximum absolute atomic E-state index is 8.98. The molecule has 0 saturated carbocycles. The van der Waals surface area contributed by atoms with E-state index in [4.69, 9.17) is 5.11 Å². The summed E-state index contributed by atoms with van der Waals surface area (Å²) in [6.45, 7) is 3.39. The van der Waals surface area contributed by atoms with E-state index in [0.717, 1.165) is 18.7 Å². The first-order valence-electron chi connectivity index (χ1n) is 6.38. The van der Waals surface area contributed by atoms with Crippen LogP contribution in [0.2, 0.25) is 0 Å². The van der Waals surface area contributed by atoms with E-state index < -0.39 is 0 Å². The third-order valence-electron chi connectivity index (χ3n) is 3.35. The molecule has 1 fully saturated rings. The predicted molar refractivity (Wildman–Crippen MR) is 69.7 cm³/mol. The number of likely N-dealkylation sites (N-methyl/N-ethyl adjacent to an activating group) is 1. The minimum Gasteiger partial charge on any atom is -0.392 e. The van der Waals surface area contributed by atoms with Crippen molar-refractivity contribution in [1.82, 2.24) is 10.2 Å². The van der Waals surface area contributed by atoms with Crippen molar-refractivity contribution < 1.29 is 5.11 Å². The maximum Gasteiger partial charge on any atom is 0.0681 e. The number of nitrogens with one attached hydrogen (secondary N) is 1. The van der Waals surface area contributed by atoms with Crippen LogP contribution in [0, 0.1) is 0 Å². The van der Waals surface area contributed by atoms with E-state index in [1.54, 1.807) is 0 Å². The quantitative estimate of drug-likeness (QED) is 0.807. The molecule has 1 heterocycles. The molecule has 0 aromatic heterocycles. The highest BCUT2D eigenvalue weighted by molar-refractivity contribution is 5.21. The van der Waals surface area contributed by atoms with Gasteiger partial charge in [-0.1, -0.05) is 24.3 Å². The van der Waals surface area contributed by atoms with Gasteiger partial charge in [0.1, 0.15) is 0 Å². The number of aliphatic hydroxyl groups excluding tert-OH is 1. The zero-order valence-electron chi connectivity index (χ0n) is 10.5. The van der Waals surface area contributed by atoms with Gasteiger partial charge in [0.05, 0.1) is 6.61 Å². The van der Waals surface area contributed by atoms with Crippen molar-refractivity contribution in [2.45, 2.75) is 32.0 Å². The van der Waals surface area contributed by atoms with Crippen LogP contribution in [0.5, 0.6) is 0 Å². The van der Waals surface area contributed by atoms with Crippen LogP contribution in [0.4, 0.5) is 0 Å². The number of hydrogen-bond donors (Lipinski definition) is 2. The lowest BCUT2D eigenvalue weighted by Gasteiger charge is -2.21. The highest BCUT2D eigenvalue weighted by Gasteiger charge is 2.15. The van der Waals surface area contributed by atoms with Crippen LogP contribution in [0.3, 0.4) is 0 Å². The zero-order chi connectivity index (χ0) is 12.1. The molecule has 3 heteroatoms. The Labute approximate surface area is 103 Å². The summed E-state index contributed by atoms with van der Waals surface area (Å²) in [5, 5.41) is 12.5. The van der Waals surface area contributed by atoms with Gasteiger partial charge in [0.2, 0.25) is 0 Å². The highest BCUT2D eigenvalue weighted by Crippen LogP contribution is 2.10. The lowest BCUT2D eigenvalue weighted by Crippen LogP contribution is -2.34. The smallest absolute Gasteiger partial charge is 0.0681 e. The molecule has 1 aliphatic heterocycles. The largest absolute Gasteiger partial charge is 0.392 e. The monoisotopic (exact) mass is 234 g/mol. The van der Waals surface area contributed by atoms with Gasteiger partial charge in [-0.15, -0.1) is 0 Å². The molecule has 2 N–H and O–H groups in total. The summed E-state index contributed by atoms with van der Waals surface area (Å²) < 4.78 is 0. The first-order valence-corrected chi connectivity index (χ1v) is 6.38. The summed E-state index contributed by atoms with van der Waals surface area (Å²) in [5.74, 6) is 0. The van der Waals surface area contributed by atoms with Crippen LogP contribution in [-0.2, 0) is 13.2 Å². The molecule has 17 heavy (non-hydrogen) atoms. The number of nitrogens with zero attached hydrogens (tertiary/aromatic N) is 1. The van der Waals surface area contributed by atoms with Gasteiger partial charge in [0.15, 0.2) is 0 Å². The van der Waals surface area contributed by atoms with Crippen LogP contribution in [0.15, 0.2) is 24.3 Å². The minimum absolute atomic E-state index is 0.127. The fourth-order valence-corrected chi connectivity index (χ4v) is 2.42. The molecule has 0 aliphatic carbocycles. The van der Waals surface area contributed by atoms with E-state index >= 15 is 0 Å². The second-order valence-corrected chi connectivity index (χ2v) is 4.96. The Morgan fingerprint density at radius 1 is 1.29 bits per heavy atom. The van der Waals surface area contributed by atoms with E-state index in [9.17, 15) is 0 Å². The fourth-order valence-electron chi connectivity index (χ4n) is 2.42. The van der Waals surface area contributed by atoms with Gasteiger partial charge in [0.25, 0.3) is 0 Å². The number of benzene rings is 1. The number of hydrogen-bond acceptors (Lipinski definition) is 3. The third kappa shape index (κ3) is 3.80. The SMILES string of the molecule is CN(Cc1ccc(CO)cc1)CC1CCCN1. The van der Waals surface area contributed by atoms with Gasteiger partial charge in [-0.2, -0.15) is 0 Å². The molecule has 1 aliphatic rings. The second-order valence-electron chi connectivity index (χ2n) is 4.96. The second kappa shape index (κ2) is 6.15. The normalized spacial score (nSPS) is 20.1. The lowest BCUT2D eigenvalue weighted by atomic mass is 10.1. The van der Waals surface area contributed by atoms with E-state index in [1.165, 1.54) is 24.9 Å². The van der Waals surface area contributed by atoms with Gasteiger partial charge in [-0.05, 0) is 37.6 Å². The van der Waals surface area contributed by atoms with Crippen molar-refractivity contribution in [3.05, 3.63) is 35.4 Å². The Kier molecular flexibility index (Phi) is 4.54. The van der Waals surface area contributed by atoms with Gasteiger partial charge < -0.3 is 15.3 Å². The van der Waals surface area contributed by atoms with Gasteiger partial charge in [-0.25, -0.2) is 0 Å². The summed E-state index contributed by atoms with van der Waals surface area (Å²) in [7, 11) is 2.17. The van der Waals surface area contributed by atoms with E-state index in [0.29, 0.717) is 6.04 Å². The Morgan fingerprint density at radius 2 is 2.00 bits per heavy atom. The Morgan fingerprint density at radius 3 is 2.59 bits per heavy atom. The molecule has 0 amide bonds. The number of rotatable bonds is 5. The Balaban J connectivity index is 1.81. The molecule has 1 aromatic carbocycles. The molecule has 94 valence electrons. The summed E-state index contributed by atoms with van der Waals surface area (Å²) in [6, 6.07) is 8.86. The average Bonchev–Trinajstić information content (AvgIpc) is 2.82. The Bertz CT molecular complexity index is 331. The summed E-state index contributed by atoms with van der Waals surface area (Å²) in [6.07, 6.45) is 2.61. The molecule has 1 saturated heterocycles. The van der Waals surface area contributed by atoms with Crippen LogP contribution in [0.25, 0.3) is 0 Å². The first kappa shape index (κ1) is 12.6. The molecular formula is C14H22N2O. The molecule has 1 unspecified atom stereocenters. The highest BCUT2D eigenvalue weighted by atomic mass is 16.3. The summed E-state index contributed by atoms with van der Waals surface area (Å²) in [5.41, 5.74) is 2.29. The topological polar surface area (TPSA) is 35.5 Å². The zero-order valence-corrected chi connectivity index (χ0v) is 10.5. The Hall–Kier alpha value is -0.900. The lowest BCUT2D eigenvalue weighted by molar-refractivity contribution is 0.281. The van der Waals surface area contributed by atoms with E-state index in [-0.39, 0.29) is 6.61 Å². The van der Waals surface area contributed by atoms with Crippen molar-refractivity contribution in [3.8, 4) is 0 Å². The molecule has 3 nitrogen and oxygen atoms in total. The minimum atomic E-state index is 0.127.